The summed E-state index contributed by atoms with van der Waals surface area (Å²) >= 11 is 0. The van der Waals surface area contributed by atoms with E-state index >= 15 is 0 Å². The summed E-state index contributed by atoms with van der Waals surface area (Å²) in [7, 11) is -10.8. The van der Waals surface area contributed by atoms with Crippen molar-refractivity contribution in [2.24, 2.45) is 0 Å². The number of esters is 2. The van der Waals surface area contributed by atoms with E-state index in [2.05, 4.69) is 73.1 Å². The van der Waals surface area contributed by atoms with Gasteiger partial charge in [0, 0.05) is 12.8 Å². The molecule has 20 heteroatoms. The lowest BCUT2D eigenvalue weighted by Crippen LogP contribution is -2.64. The van der Waals surface area contributed by atoms with Crippen molar-refractivity contribution in [1.82, 2.24) is 0 Å². The number of phosphoric acid groups is 2. The molecule has 0 radical (unpaired) electrons. The first-order valence-corrected chi connectivity index (χ1v) is 27.0. The van der Waals surface area contributed by atoms with E-state index < -0.39 is 95.7 Å². The topological polar surface area (TPSA) is 296 Å². The molecule has 0 amide bonds. The second-order valence-corrected chi connectivity index (χ2v) is 19.1. The predicted octanol–water partition coefficient (Wildman–Crippen LogP) is 7.11. The molecule has 1 saturated carbocycles. The number of ether oxygens (including phenoxy) is 2. The number of carbonyl (C=O) groups excluding carboxylic acids is 2. The van der Waals surface area contributed by atoms with Gasteiger partial charge in [-0.25, -0.2) is 9.13 Å². The Morgan fingerprint density at radius 3 is 1.71 bits per heavy atom. The van der Waals surface area contributed by atoms with Crippen LogP contribution in [0.15, 0.2) is 97.2 Å². The average Bonchev–Trinajstić information content (AvgIpc) is 3.29. The molecule has 1 aliphatic rings. The van der Waals surface area contributed by atoms with E-state index in [0.29, 0.717) is 19.3 Å². The van der Waals surface area contributed by atoms with Crippen LogP contribution < -0.4 is 0 Å². The third-order valence-corrected chi connectivity index (χ3v) is 11.8. The van der Waals surface area contributed by atoms with Crippen LogP contribution in [0.3, 0.4) is 0 Å². The molecule has 18 nitrogen and oxygen atoms in total. The smallest absolute Gasteiger partial charge is 0.462 e. The van der Waals surface area contributed by atoms with Crippen molar-refractivity contribution < 1.29 is 87.1 Å². The number of aliphatic hydroxyl groups is 6. The number of aliphatic hydroxyl groups excluding tert-OH is 6. The molecule has 1 fully saturated rings. The van der Waals surface area contributed by atoms with Crippen LogP contribution in [-0.4, -0.2) is 125 Å². The molecule has 1 aliphatic carbocycles. The Kier molecular flexibility index (Phi) is 35.6. The largest absolute Gasteiger partial charge is 0.472 e. The molecule has 0 heterocycles. The highest BCUT2D eigenvalue weighted by Gasteiger charge is 2.54. The molecular weight excluding hydrogens is 938 g/mol. The zero-order chi connectivity index (χ0) is 51.3. The maximum absolute atomic E-state index is 13.0. The summed E-state index contributed by atoms with van der Waals surface area (Å²) in [5, 5.41) is 61.6. The molecule has 0 aromatic rings. The van der Waals surface area contributed by atoms with Crippen molar-refractivity contribution in [1.29, 1.82) is 0 Å². The fourth-order valence-electron chi connectivity index (χ4n) is 6.56. The van der Waals surface area contributed by atoms with Crippen LogP contribution in [0.2, 0.25) is 0 Å². The van der Waals surface area contributed by atoms with E-state index in [1.807, 2.05) is 6.08 Å². The van der Waals surface area contributed by atoms with Gasteiger partial charge in [-0.3, -0.25) is 23.2 Å². The molecule has 69 heavy (non-hydrogen) atoms. The lowest BCUT2D eigenvalue weighted by Gasteiger charge is -2.43. The molecule has 0 aromatic carbocycles. The molecule has 0 spiro atoms. The van der Waals surface area contributed by atoms with Gasteiger partial charge in [-0.2, -0.15) is 0 Å². The normalized spacial score (nSPS) is 22.9. The van der Waals surface area contributed by atoms with Gasteiger partial charge in [-0.15, -0.1) is 0 Å². The lowest BCUT2D eigenvalue weighted by molar-refractivity contribution is -0.216. The van der Waals surface area contributed by atoms with Crippen LogP contribution in [0, 0.1) is 0 Å². The Hall–Kier alpha value is -3.16. The molecule has 0 saturated heterocycles. The fourth-order valence-corrected chi connectivity index (χ4v) is 8.10. The van der Waals surface area contributed by atoms with E-state index in [1.165, 1.54) is 12.5 Å². The number of rotatable bonds is 38. The molecule has 0 aliphatic heterocycles. The minimum Gasteiger partial charge on any atom is -0.462 e. The molecule has 0 aromatic heterocycles. The van der Waals surface area contributed by atoms with Crippen molar-refractivity contribution in [3.8, 4) is 0 Å². The van der Waals surface area contributed by atoms with E-state index in [-0.39, 0.29) is 25.7 Å². The standard InChI is InChI=1S/C49H80O18P2/c1-3-5-7-9-11-12-13-14-15-16-17-18-19-20-21-23-29-35-43(53)65-41(38-64-69(61,62)67-49-46(56)44(54)45(55)48(47(49)57)66-68(58,59)60)37-63-42(52)36-30-34-40(51)33-28-25-24-27-32-39(50)31-26-22-10-8-6-4-2/h5,7,11-12,14-15,17-18,22,24-28,32-33,39-41,44-51,54-57H,3-4,6,8-10,13,16,19-21,23,29-31,34-38H2,1-2H3,(H,61,62)(H2,58,59,60)/b7-5-,12-11-,15-14-,18-17-,25-24+,26-22-,32-27+,33-28-/t39-,40-,41-,44?,45?,46?,47?,48-,49+/m1/s1. The van der Waals surface area contributed by atoms with Gasteiger partial charge >= 0.3 is 27.6 Å². The second kappa shape index (κ2) is 38.5. The van der Waals surface area contributed by atoms with Gasteiger partial charge in [0.15, 0.2) is 6.10 Å². The van der Waals surface area contributed by atoms with Gasteiger partial charge in [0.25, 0.3) is 0 Å². The number of carbonyl (C=O) groups is 2. The van der Waals surface area contributed by atoms with Gasteiger partial charge in [0.1, 0.15) is 43.2 Å². The minimum atomic E-state index is -5.40. The van der Waals surface area contributed by atoms with Gasteiger partial charge in [-0.05, 0) is 77.0 Å². The van der Waals surface area contributed by atoms with E-state index in [9.17, 15) is 64.0 Å². The number of unbranched alkanes of at least 4 members (excludes halogenated alkanes) is 7. The zero-order valence-corrected chi connectivity index (χ0v) is 42.0. The van der Waals surface area contributed by atoms with Crippen LogP contribution >= 0.6 is 15.6 Å². The monoisotopic (exact) mass is 1020 g/mol. The number of phosphoric ester groups is 2. The summed E-state index contributed by atoms with van der Waals surface area (Å²) in [5.74, 6) is -1.48. The second-order valence-electron chi connectivity index (χ2n) is 16.5. The first-order valence-electron chi connectivity index (χ1n) is 24.0. The maximum atomic E-state index is 13.0. The van der Waals surface area contributed by atoms with Crippen molar-refractivity contribution in [3.05, 3.63) is 97.2 Å². The maximum Gasteiger partial charge on any atom is 0.472 e. The molecular formula is C49H80O18P2. The number of hydrogen-bond donors (Lipinski definition) is 9. The van der Waals surface area contributed by atoms with Crippen LogP contribution in [-0.2, 0) is 41.8 Å². The summed E-state index contributed by atoms with van der Waals surface area (Å²) in [4.78, 5) is 54.3. The lowest BCUT2D eigenvalue weighted by atomic mass is 9.85. The average molecular weight is 1020 g/mol. The molecule has 5 unspecified atom stereocenters. The Morgan fingerprint density at radius 1 is 0.565 bits per heavy atom. The molecule has 394 valence electrons. The molecule has 9 N–H and O–H groups in total. The minimum absolute atomic E-state index is 0.0426. The molecule has 1 rings (SSSR count). The van der Waals surface area contributed by atoms with Crippen LogP contribution in [0.4, 0.5) is 0 Å². The Balaban J connectivity index is 2.72. The summed E-state index contributed by atoms with van der Waals surface area (Å²) in [6.45, 7) is 2.69. The first-order chi connectivity index (χ1) is 32.9. The van der Waals surface area contributed by atoms with Crippen molar-refractivity contribution in [2.45, 2.75) is 184 Å². The van der Waals surface area contributed by atoms with Gasteiger partial charge in [0.05, 0.1) is 18.8 Å². The van der Waals surface area contributed by atoms with E-state index in [4.69, 9.17) is 18.5 Å². The zero-order valence-electron chi connectivity index (χ0n) is 40.2. The van der Waals surface area contributed by atoms with E-state index in [1.54, 1.807) is 30.4 Å². The van der Waals surface area contributed by atoms with Gasteiger partial charge in [0.2, 0.25) is 0 Å². The highest BCUT2D eigenvalue weighted by molar-refractivity contribution is 7.47. The summed E-state index contributed by atoms with van der Waals surface area (Å²) in [6, 6.07) is 0. The summed E-state index contributed by atoms with van der Waals surface area (Å²) in [5.41, 5.74) is 0. The third-order valence-electron chi connectivity index (χ3n) is 10.3. The Morgan fingerprint density at radius 2 is 1.10 bits per heavy atom. The van der Waals surface area contributed by atoms with Crippen LogP contribution in [0.1, 0.15) is 129 Å². The molecule has 0 bridgehead atoms. The SMILES string of the molecule is CC/C=C\C/C=C\C/C=C\C/C=C\CCCCCCC(=O)O[C@H](COC(=O)CCC[C@H](O)\C=C/C=C/C=C/[C@H](O)C/C=C\CCCCC)COP(=O)(O)O[C@H]1C(O)C(O)C(O)[C@@H](OP(=O)(O)O)C1O. The van der Waals surface area contributed by atoms with Crippen LogP contribution in [0.5, 0.6) is 0 Å². The van der Waals surface area contributed by atoms with Crippen molar-refractivity contribution in [3.63, 3.8) is 0 Å². The van der Waals surface area contributed by atoms with Crippen LogP contribution in [0.25, 0.3) is 0 Å². The van der Waals surface area contributed by atoms with Crippen molar-refractivity contribution in [2.75, 3.05) is 13.2 Å². The van der Waals surface area contributed by atoms with E-state index in [0.717, 1.165) is 64.2 Å². The Bertz CT molecular complexity index is 1740. The predicted molar refractivity (Wildman–Crippen MR) is 262 cm³/mol. The number of allylic oxidation sites excluding steroid dienone is 13. The fraction of sp³-hybridized carbons (Fsp3) is 0.633. The first kappa shape index (κ1) is 63.9. The molecule has 10 atom stereocenters. The highest BCUT2D eigenvalue weighted by atomic mass is 31.2. The highest BCUT2D eigenvalue weighted by Crippen LogP contribution is 2.49. The number of hydrogen-bond acceptors (Lipinski definition) is 15. The third kappa shape index (κ3) is 33.2. The Labute approximate surface area is 408 Å². The summed E-state index contributed by atoms with van der Waals surface area (Å²) < 4.78 is 49.2. The van der Waals surface area contributed by atoms with Gasteiger partial charge in [-0.1, -0.05) is 137 Å². The summed E-state index contributed by atoms with van der Waals surface area (Å²) in [6.07, 6.45) is 26.9. The quantitative estimate of drug-likeness (QED) is 0.00978. The van der Waals surface area contributed by atoms with Gasteiger partial charge < -0.3 is 54.8 Å². The van der Waals surface area contributed by atoms with Crippen molar-refractivity contribution >= 4 is 27.6 Å².